The van der Waals surface area contributed by atoms with Gasteiger partial charge in [0.1, 0.15) is 18.1 Å². The van der Waals surface area contributed by atoms with Gasteiger partial charge < -0.3 is 26.4 Å². The summed E-state index contributed by atoms with van der Waals surface area (Å²) in [5, 5.41) is 14.7. The van der Waals surface area contributed by atoms with Gasteiger partial charge in [-0.15, -0.1) is 0 Å². The molecule has 32 heavy (non-hydrogen) atoms. The summed E-state index contributed by atoms with van der Waals surface area (Å²) >= 11 is 0. The molecule has 0 unspecified atom stereocenters. The summed E-state index contributed by atoms with van der Waals surface area (Å²) in [5.41, 5.74) is 6.96. The molecule has 1 aromatic carbocycles. The van der Waals surface area contributed by atoms with E-state index in [1.807, 2.05) is 44.2 Å². The third-order valence-corrected chi connectivity index (χ3v) is 5.53. The van der Waals surface area contributed by atoms with E-state index in [1.165, 1.54) is 11.8 Å². The number of carboxylic acids is 1. The van der Waals surface area contributed by atoms with Gasteiger partial charge >= 0.3 is 5.97 Å². The zero-order chi connectivity index (χ0) is 23.8. The van der Waals surface area contributed by atoms with Crippen LogP contribution >= 0.6 is 0 Å². The summed E-state index contributed by atoms with van der Waals surface area (Å²) in [4.78, 5) is 50.9. The first-order valence-electron chi connectivity index (χ1n) is 11.0. The number of hydrogen-bond acceptors (Lipinski definition) is 5. The van der Waals surface area contributed by atoms with Gasteiger partial charge in [-0.05, 0) is 44.1 Å². The van der Waals surface area contributed by atoms with E-state index in [-0.39, 0.29) is 5.92 Å². The number of nitrogens with zero attached hydrogens (tertiary/aromatic N) is 1. The minimum atomic E-state index is -1.05. The van der Waals surface area contributed by atoms with Crippen molar-refractivity contribution in [2.45, 2.75) is 70.6 Å². The van der Waals surface area contributed by atoms with Crippen molar-refractivity contribution in [3.05, 3.63) is 35.9 Å². The molecule has 1 heterocycles. The number of aliphatic carboxylic acids is 1. The molecule has 4 atom stereocenters. The van der Waals surface area contributed by atoms with Crippen molar-refractivity contribution >= 4 is 23.7 Å². The van der Waals surface area contributed by atoms with Gasteiger partial charge in [-0.25, -0.2) is 4.79 Å². The van der Waals surface area contributed by atoms with Crippen LogP contribution in [0.1, 0.15) is 45.6 Å². The maximum atomic E-state index is 12.9. The molecule has 3 amide bonds. The topological polar surface area (TPSA) is 142 Å². The van der Waals surface area contributed by atoms with Crippen LogP contribution in [-0.4, -0.2) is 64.4 Å². The summed E-state index contributed by atoms with van der Waals surface area (Å²) in [6.45, 7) is 5.71. The first-order chi connectivity index (χ1) is 15.1. The average Bonchev–Trinajstić information content (AvgIpc) is 3.23. The Balaban J connectivity index is 1.99. The molecule has 0 saturated carbocycles. The van der Waals surface area contributed by atoms with Crippen LogP contribution in [0.5, 0.6) is 0 Å². The monoisotopic (exact) mass is 446 g/mol. The number of hydrogen-bond donors (Lipinski definition) is 4. The van der Waals surface area contributed by atoms with Crippen LogP contribution in [0.4, 0.5) is 0 Å². The maximum absolute atomic E-state index is 12.9. The normalized spacial score (nSPS) is 18.7. The largest absolute Gasteiger partial charge is 0.480 e. The highest BCUT2D eigenvalue weighted by Gasteiger charge is 2.37. The molecule has 1 fully saturated rings. The van der Waals surface area contributed by atoms with Crippen molar-refractivity contribution in [2.24, 2.45) is 11.7 Å². The lowest BCUT2D eigenvalue weighted by molar-refractivity contribution is -0.149. The summed E-state index contributed by atoms with van der Waals surface area (Å²) in [5.74, 6) is -2.33. The molecule has 9 nitrogen and oxygen atoms in total. The summed E-state index contributed by atoms with van der Waals surface area (Å²) < 4.78 is 0. The number of benzene rings is 1. The third kappa shape index (κ3) is 7.05. The molecule has 1 aliphatic rings. The molecule has 0 aliphatic carbocycles. The lowest BCUT2D eigenvalue weighted by Gasteiger charge is -2.27. The van der Waals surface area contributed by atoms with E-state index in [9.17, 15) is 24.3 Å². The number of carbonyl (C=O) groups excluding carboxylic acids is 3. The predicted molar refractivity (Wildman–Crippen MR) is 119 cm³/mol. The van der Waals surface area contributed by atoms with E-state index in [0.717, 1.165) is 5.56 Å². The van der Waals surface area contributed by atoms with Crippen LogP contribution in [-0.2, 0) is 25.6 Å². The number of likely N-dealkylation sites (tertiary alicyclic amines) is 1. The Morgan fingerprint density at radius 3 is 2.34 bits per heavy atom. The quantitative estimate of drug-likeness (QED) is 0.416. The van der Waals surface area contributed by atoms with Gasteiger partial charge in [0.15, 0.2) is 0 Å². The Morgan fingerprint density at radius 2 is 1.75 bits per heavy atom. The van der Waals surface area contributed by atoms with Gasteiger partial charge in [-0.3, -0.25) is 14.4 Å². The lowest BCUT2D eigenvalue weighted by Crippen LogP contribution is -2.56. The third-order valence-electron chi connectivity index (χ3n) is 5.53. The van der Waals surface area contributed by atoms with Crippen molar-refractivity contribution in [1.29, 1.82) is 0 Å². The average molecular weight is 447 g/mol. The van der Waals surface area contributed by atoms with Gasteiger partial charge in [0.05, 0.1) is 6.04 Å². The van der Waals surface area contributed by atoms with E-state index in [4.69, 9.17) is 5.73 Å². The standard InChI is InChI=1S/C23H34N4O5/c1-14(2)12-18(26-20(28)17(24)13-16-8-5-4-6-9-16)21(29)25-15(3)22(30)27-11-7-10-19(27)23(31)32/h4-6,8-9,14-15,17-19H,7,10-13,24H2,1-3H3,(H,25,29)(H,26,28)(H,31,32)/t15-,17-,18-,19-/m0/s1. The van der Waals surface area contributed by atoms with Crippen molar-refractivity contribution in [1.82, 2.24) is 15.5 Å². The number of amides is 3. The van der Waals surface area contributed by atoms with Crippen LogP contribution in [0.2, 0.25) is 0 Å². The van der Waals surface area contributed by atoms with Crippen molar-refractivity contribution < 1.29 is 24.3 Å². The van der Waals surface area contributed by atoms with Crippen molar-refractivity contribution in [3.63, 3.8) is 0 Å². The lowest BCUT2D eigenvalue weighted by atomic mass is 10.0. The number of rotatable bonds is 10. The molecule has 0 bridgehead atoms. The molecule has 176 valence electrons. The molecule has 0 aromatic heterocycles. The molecule has 1 aliphatic heterocycles. The minimum Gasteiger partial charge on any atom is -0.480 e. The summed E-state index contributed by atoms with van der Waals surface area (Å²) in [7, 11) is 0. The molecule has 1 saturated heterocycles. The molecule has 0 radical (unpaired) electrons. The van der Waals surface area contributed by atoms with Gasteiger partial charge in [-0.2, -0.15) is 0 Å². The highest BCUT2D eigenvalue weighted by molar-refractivity contribution is 5.94. The number of carboxylic acid groups (broad SMARTS) is 1. The fraction of sp³-hybridized carbons (Fsp3) is 0.565. The highest BCUT2D eigenvalue weighted by Crippen LogP contribution is 2.18. The van der Waals surface area contributed by atoms with Gasteiger partial charge in [0, 0.05) is 6.54 Å². The van der Waals surface area contributed by atoms with Crippen molar-refractivity contribution in [2.75, 3.05) is 6.54 Å². The molecular formula is C23H34N4O5. The Morgan fingerprint density at radius 1 is 1.09 bits per heavy atom. The predicted octanol–water partition coefficient (Wildman–Crippen LogP) is 0.668. The second kappa shape index (κ2) is 11.6. The van der Waals surface area contributed by atoms with E-state index in [1.54, 1.807) is 0 Å². The second-order valence-electron chi connectivity index (χ2n) is 8.75. The fourth-order valence-corrected chi connectivity index (χ4v) is 3.85. The van der Waals surface area contributed by atoms with Crippen LogP contribution in [0, 0.1) is 5.92 Å². The van der Waals surface area contributed by atoms with Gasteiger partial charge in [0.2, 0.25) is 17.7 Å². The number of nitrogens with two attached hydrogens (primary N) is 1. The van der Waals surface area contributed by atoms with E-state index >= 15 is 0 Å². The number of carbonyl (C=O) groups is 4. The Bertz CT molecular complexity index is 814. The molecule has 5 N–H and O–H groups in total. The summed E-state index contributed by atoms with van der Waals surface area (Å²) in [6, 6.07) is 5.90. The molecule has 1 aromatic rings. The smallest absolute Gasteiger partial charge is 0.326 e. The Kier molecular flexibility index (Phi) is 9.19. The van der Waals surface area contributed by atoms with Crippen LogP contribution < -0.4 is 16.4 Å². The first kappa shape index (κ1) is 25.3. The zero-order valence-corrected chi connectivity index (χ0v) is 18.9. The van der Waals surface area contributed by atoms with E-state index in [0.29, 0.717) is 32.2 Å². The molecular weight excluding hydrogens is 412 g/mol. The van der Waals surface area contributed by atoms with Gasteiger partial charge in [-0.1, -0.05) is 44.2 Å². The minimum absolute atomic E-state index is 0.109. The number of nitrogens with one attached hydrogen (secondary N) is 2. The highest BCUT2D eigenvalue weighted by atomic mass is 16.4. The Labute approximate surface area is 188 Å². The zero-order valence-electron chi connectivity index (χ0n) is 18.9. The molecule has 0 spiro atoms. The van der Waals surface area contributed by atoms with Crippen LogP contribution in [0.15, 0.2) is 30.3 Å². The van der Waals surface area contributed by atoms with E-state index < -0.39 is 47.9 Å². The van der Waals surface area contributed by atoms with Crippen LogP contribution in [0.3, 0.4) is 0 Å². The summed E-state index contributed by atoms with van der Waals surface area (Å²) in [6.07, 6.45) is 1.71. The first-order valence-corrected chi connectivity index (χ1v) is 11.0. The second-order valence-corrected chi connectivity index (χ2v) is 8.75. The van der Waals surface area contributed by atoms with Crippen LogP contribution in [0.25, 0.3) is 0 Å². The van der Waals surface area contributed by atoms with Gasteiger partial charge in [0.25, 0.3) is 0 Å². The van der Waals surface area contributed by atoms with E-state index in [2.05, 4.69) is 10.6 Å². The SMILES string of the molecule is CC(C)C[C@H](NC(=O)[C@@H](N)Cc1ccccc1)C(=O)N[C@@H](C)C(=O)N1CCC[C@H]1C(=O)O. The van der Waals surface area contributed by atoms with Crippen molar-refractivity contribution in [3.8, 4) is 0 Å². The maximum Gasteiger partial charge on any atom is 0.326 e. The molecule has 2 rings (SSSR count). The molecule has 9 heteroatoms. The Hall–Kier alpha value is -2.94. The fourth-order valence-electron chi connectivity index (χ4n) is 3.85.